The third-order valence-corrected chi connectivity index (χ3v) is 4.66. The molecular formula is C17H11F9N2O10S. The minimum atomic E-state index is -5.84. The lowest BCUT2D eigenvalue weighted by atomic mass is 10.1. The number of hydrogen-bond acceptors (Lipinski definition) is 9. The first-order chi connectivity index (χ1) is 17.4. The van der Waals surface area contributed by atoms with Crippen molar-refractivity contribution in [2.75, 3.05) is 14.2 Å². The molecule has 0 saturated carbocycles. The van der Waals surface area contributed by atoms with Gasteiger partial charge in [0.1, 0.15) is 22.6 Å². The summed E-state index contributed by atoms with van der Waals surface area (Å²) >= 11 is 0. The molecule has 2 aromatic rings. The maximum Gasteiger partial charge on any atom is 0.522 e. The summed E-state index contributed by atoms with van der Waals surface area (Å²) < 4.78 is 150. The Morgan fingerprint density at radius 3 is 1.15 bits per heavy atom. The van der Waals surface area contributed by atoms with Crippen LogP contribution in [0.1, 0.15) is 11.1 Å². The van der Waals surface area contributed by atoms with E-state index < -0.39 is 83.3 Å². The molecule has 12 nitrogen and oxygen atoms in total. The molecule has 0 aliphatic heterocycles. The number of nitro benzene ring substituents is 2. The van der Waals surface area contributed by atoms with Crippen LogP contribution in [0.3, 0.4) is 0 Å². The van der Waals surface area contributed by atoms with Crippen molar-refractivity contribution in [2.45, 2.75) is 17.9 Å². The molecule has 39 heavy (non-hydrogen) atoms. The van der Waals surface area contributed by atoms with E-state index in [1.54, 1.807) is 0 Å². The van der Waals surface area contributed by atoms with Gasteiger partial charge in [-0.25, -0.2) is 0 Å². The van der Waals surface area contributed by atoms with Crippen molar-refractivity contribution in [2.24, 2.45) is 0 Å². The van der Waals surface area contributed by atoms with Crippen LogP contribution in [0.15, 0.2) is 24.3 Å². The standard InChI is InChI=1S/C16H10F6N2O7.CHF3O3S/c1-29-11-5-13(9(23(25)26)3-7(11)15(17,18)19)31-14-6-12(30-2)8(16(20,21)22)4-10(14)24(27)28;2-1(3,4)8(5,6)7/h3-6H,1-2H3;(H,5,6,7). The molecule has 2 rings (SSSR count). The van der Waals surface area contributed by atoms with Gasteiger partial charge >= 0.3 is 39.4 Å². The van der Waals surface area contributed by atoms with Crippen LogP contribution in [-0.4, -0.2) is 42.5 Å². The number of ether oxygens (including phenoxy) is 3. The lowest BCUT2D eigenvalue weighted by Gasteiger charge is -2.16. The van der Waals surface area contributed by atoms with Crippen molar-refractivity contribution in [3.05, 3.63) is 55.6 Å². The summed E-state index contributed by atoms with van der Waals surface area (Å²) in [4.78, 5) is 19.9. The molecule has 0 unspecified atom stereocenters. The van der Waals surface area contributed by atoms with Crippen molar-refractivity contribution >= 4 is 21.5 Å². The second kappa shape index (κ2) is 11.3. The van der Waals surface area contributed by atoms with Crippen LogP contribution in [0.2, 0.25) is 0 Å². The Bertz CT molecular complexity index is 1280. The quantitative estimate of drug-likeness (QED) is 0.141. The largest absolute Gasteiger partial charge is 0.522 e. The highest BCUT2D eigenvalue weighted by Gasteiger charge is 2.44. The fourth-order valence-corrected chi connectivity index (χ4v) is 2.45. The molecule has 0 aliphatic rings. The van der Waals surface area contributed by atoms with Crippen LogP contribution in [0, 0.1) is 20.2 Å². The average molecular weight is 606 g/mol. The number of halogens is 9. The highest BCUT2D eigenvalue weighted by atomic mass is 32.2. The molecule has 2 aromatic carbocycles. The number of nitro groups is 2. The van der Waals surface area contributed by atoms with Gasteiger partial charge in [0, 0.05) is 24.3 Å². The van der Waals surface area contributed by atoms with E-state index in [1.807, 2.05) is 0 Å². The van der Waals surface area contributed by atoms with E-state index in [9.17, 15) is 59.7 Å². The number of hydrogen-bond donors (Lipinski definition) is 1. The summed E-state index contributed by atoms with van der Waals surface area (Å²) in [5.74, 6) is -3.73. The molecule has 0 spiro atoms. The van der Waals surface area contributed by atoms with Crippen LogP contribution in [0.25, 0.3) is 0 Å². The van der Waals surface area contributed by atoms with Crippen LogP contribution in [-0.2, 0) is 22.5 Å². The summed E-state index contributed by atoms with van der Waals surface area (Å²) in [7, 11) is -4.19. The van der Waals surface area contributed by atoms with Gasteiger partial charge in [0.05, 0.1) is 24.1 Å². The van der Waals surface area contributed by atoms with Crippen LogP contribution < -0.4 is 14.2 Å². The molecule has 0 heterocycles. The minimum Gasteiger partial charge on any atom is -0.496 e. The van der Waals surface area contributed by atoms with E-state index >= 15 is 0 Å². The first-order valence-electron chi connectivity index (χ1n) is 9.04. The van der Waals surface area contributed by atoms with E-state index in [2.05, 4.69) is 9.47 Å². The van der Waals surface area contributed by atoms with Crippen molar-refractivity contribution in [3.8, 4) is 23.0 Å². The molecule has 0 bridgehead atoms. The highest BCUT2D eigenvalue weighted by Crippen LogP contribution is 2.47. The van der Waals surface area contributed by atoms with E-state index in [-0.39, 0.29) is 12.1 Å². The van der Waals surface area contributed by atoms with E-state index in [0.29, 0.717) is 12.1 Å². The first kappa shape index (κ1) is 32.9. The summed E-state index contributed by atoms with van der Waals surface area (Å²) in [5, 5.41) is 22.5. The van der Waals surface area contributed by atoms with Crippen molar-refractivity contribution in [1.29, 1.82) is 0 Å². The third kappa shape index (κ3) is 8.20. The molecule has 0 amide bonds. The Balaban J connectivity index is 0.000000824. The van der Waals surface area contributed by atoms with Gasteiger partial charge in [0.25, 0.3) is 0 Å². The summed E-state index contributed by atoms with van der Waals surface area (Å²) in [6.07, 6.45) is -10.1. The monoisotopic (exact) mass is 606 g/mol. The van der Waals surface area contributed by atoms with Crippen molar-refractivity contribution in [3.63, 3.8) is 0 Å². The van der Waals surface area contributed by atoms with E-state index in [4.69, 9.17) is 17.7 Å². The van der Waals surface area contributed by atoms with Gasteiger partial charge in [-0.3, -0.25) is 24.8 Å². The molecule has 0 fully saturated rings. The second-order valence-electron chi connectivity index (χ2n) is 6.57. The fraction of sp³-hybridized carbons (Fsp3) is 0.294. The maximum absolute atomic E-state index is 13.1. The molecule has 0 saturated heterocycles. The summed E-state index contributed by atoms with van der Waals surface area (Å²) in [5.41, 5.74) is -11.1. The van der Waals surface area contributed by atoms with Crippen molar-refractivity contribution < 1.29 is 76.5 Å². The number of benzene rings is 2. The first-order valence-corrected chi connectivity index (χ1v) is 10.5. The van der Waals surface area contributed by atoms with Gasteiger partial charge in [0.15, 0.2) is 0 Å². The van der Waals surface area contributed by atoms with Gasteiger partial charge < -0.3 is 14.2 Å². The summed E-state index contributed by atoms with van der Waals surface area (Å²) in [6, 6.07) is 1.02. The number of alkyl halides is 9. The Hall–Kier alpha value is -4.08. The molecule has 1 N–H and O–H groups in total. The third-order valence-electron chi connectivity index (χ3n) is 4.08. The van der Waals surface area contributed by atoms with Crippen molar-refractivity contribution in [1.82, 2.24) is 0 Å². The second-order valence-corrected chi connectivity index (χ2v) is 7.99. The average Bonchev–Trinajstić information content (AvgIpc) is 2.75. The SMILES string of the molecule is COc1cc(Oc2cc(OC)c(C(F)(F)F)cc2[N+](=O)[O-])c([N+](=O)[O-])cc1C(F)(F)F.O=S(=O)(O)C(F)(F)F. The Morgan fingerprint density at radius 2 is 0.974 bits per heavy atom. The fourth-order valence-electron chi connectivity index (χ4n) is 2.45. The topological polar surface area (TPSA) is 168 Å². The predicted molar refractivity (Wildman–Crippen MR) is 107 cm³/mol. The lowest BCUT2D eigenvalue weighted by Crippen LogP contribution is -2.21. The molecule has 218 valence electrons. The normalized spacial score (nSPS) is 12.2. The molecule has 0 aliphatic carbocycles. The molecular weight excluding hydrogens is 595 g/mol. The van der Waals surface area contributed by atoms with Crippen LogP contribution in [0.5, 0.6) is 23.0 Å². The Morgan fingerprint density at radius 1 is 0.692 bits per heavy atom. The van der Waals surface area contributed by atoms with Gasteiger partial charge in [-0.1, -0.05) is 0 Å². The molecule has 0 atom stereocenters. The zero-order valence-corrected chi connectivity index (χ0v) is 19.5. The lowest BCUT2D eigenvalue weighted by molar-refractivity contribution is -0.387. The maximum atomic E-state index is 13.1. The van der Waals surface area contributed by atoms with E-state index in [0.717, 1.165) is 14.2 Å². The van der Waals surface area contributed by atoms with Gasteiger partial charge in [0.2, 0.25) is 11.5 Å². The van der Waals surface area contributed by atoms with Gasteiger partial charge in [-0.2, -0.15) is 47.9 Å². The molecule has 0 aromatic heterocycles. The molecule has 22 heteroatoms. The van der Waals surface area contributed by atoms with Crippen LogP contribution in [0.4, 0.5) is 50.9 Å². The number of rotatable bonds is 6. The summed E-state index contributed by atoms with van der Waals surface area (Å²) in [6.45, 7) is 0. The van der Waals surface area contributed by atoms with Crippen LogP contribution >= 0.6 is 0 Å². The smallest absolute Gasteiger partial charge is 0.496 e. The van der Waals surface area contributed by atoms with E-state index in [1.165, 1.54) is 0 Å². The Labute approximate surface area is 209 Å². The predicted octanol–water partition coefficient (Wildman–Crippen LogP) is 5.74. The zero-order chi connectivity index (χ0) is 30.7. The zero-order valence-electron chi connectivity index (χ0n) is 18.6. The highest BCUT2D eigenvalue weighted by molar-refractivity contribution is 7.86. The number of methoxy groups -OCH3 is 2. The molecule has 0 radical (unpaired) electrons. The number of nitrogens with zero attached hydrogens (tertiary/aromatic N) is 2. The Kier molecular flexibility index (Phi) is 9.59. The minimum absolute atomic E-state index is 0.0707. The van der Waals surface area contributed by atoms with Gasteiger partial charge in [-0.15, -0.1) is 0 Å². The van der Waals surface area contributed by atoms with Gasteiger partial charge in [-0.05, 0) is 0 Å².